The number of aliphatic imine (C=N–C) groups is 1. The smallest absolute Gasteiger partial charge is 0.191 e. The third-order valence-electron chi connectivity index (χ3n) is 5.22. The zero-order valence-electron chi connectivity index (χ0n) is 16.8. The first-order valence-electron chi connectivity index (χ1n) is 9.88. The number of guanidine groups is 1. The minimum Gasteiger partial charge on any atom is -0.396 e. The van der Waals surface area contributed by atoms with E-state index in [4.69, 9.17) is 0 Å². The first-order valence-corrected chi connectivity index (χ1v) is 9.88. The van der Waals surface area contributed by atoms with Gasteiger partial charge in [-0.3, -0.25) is 0 Å². The summed E-state index contributed by atoms with van der Waals surface area (Å²) in [5.74, 6) is 1.61. The largest absolute Gasteiger partial charge is 0.396 e. The van der Waals surface area contributed by atoms with Gasteiger partial charge in [-0.05, 0) is 37.2 Å². The van der Waals surface area contributed by atoms with Crippen molar-refractivity contribution >= 4 is 5.96 Å². The Bertz CT molecular complexity index is 692. The monoisotopic (exact) mass is 371 g/mol. The Hall–Kier alpha value is -2.34. The lowest BCUT2D eigenvalue weighted by Gasteiger charge is -2.32. The Kier molecular flexibility index (Phi) is 8.33. The second kappa shape index (κ2) is 10.7. The van der Waals surface area contributed by atoms with Crippen LogP contribution in [-0.2, 0) is 6.54 Å². The van der Waals surface area contributed by atoms with E-state index >= 15 is 0 Å². The van der Waals surface area contributed by atoms with Gasteiger partial charge in [0.1, 0.15) is 12.4 Å². The fourth-order valence-corrected chi connectivity index (χ4v) is 3.15. The molecule has 148 valence electrons. The van der Waals surface area contributed by atoms with Crippen molar-refractivity contribution in [2.24, 2.45) is 10.4 Å². The SMILES string of the molecule is CCNC(=NCc1ncc(-c2ccccc2)[nH]1)NCC(CC)(CC)CCO. The van der Waals surface area contributed by atoms with Crippen molar-refractivity contribution < 1.29 is 5.11 Å². The standard InChI is InChI=1S/C21H33N5O/c1-4-21(5-2,12-13-27)16-25-20(22-6-3)24-15-19-23-14-18(26-19)17-10-8-7-9-11-17/h7-11,14,27H,4-6,12-13,15-16H2,1-3H3,(H,23,26)(H2,22,24,25). The molecule has 0 spiro atoms. The molecule has 0 saturated carbocycles. The molecule has 2 rings (SSSR count). The molecule has 0 bridgehead atoms. The molecule has 0 fully saturated rings. The van der Waals surface area contributed by atoms with Crippen molar-refractivity contribution in [3.63, 3.8) is 0 Å². The summed E-state index contributed by atoms with van der Waals surface area (Å²) in [5, 5.41) is 16.1. The van der Waals surface area contributed by atoms with Gasteiger partial charge in [0, 0.05) is 19.7 Å². The number of hydrogen-bond donors (Lipinski definition) is 4. The van der Waals surface area contributed by atoms with Gasteiger partial charge in [0.25, 0.3) is 0 Å². The summed E-state index contributed by atoms with van der Waals surface area (Å²) < 4.78 is 0. The number of rotatable bonds is 10. The lowest BCUT2D eigenvalue weighted by Crippen LogP contribution is -2.43. The topological polar surface area (TPSA) is 85.3 Å². The normalized spacial score (nSPS) is 12.2. The molecule has 2 aromatic rings. The molecule has 1 aromatic heterocycles. The van der Waals surface area contributed by atoms with Crippen LogP contribution in [0.3, 0.4) is 0 Å². The van der Waals surface area contributed by atoms with Gasteiger partial charge in [-0.2, -0.15) is 0 Å². The molecule has 0 aliphatic carbocycles. The minimum atomic E-state index is 0.0934. The maximum Gasteiger partial charge on any atom is 0.191 e. The molecule has 0 atom stereocenters. The van der Waals surface area contributed by atoms with Gasteiger partial charge in [0.05, 0.1) is 11.9 Å². The average molecular weight is 372 g/mol. The lowest BCUT2D eigenvalue weighted by molar-refractivity contribution is 0.169. The average Bonchev–Trinajstić information content (AvgIpc) is 3.19. The van der Waals surface area contributed by atoms with Crippen molar-refractivity contribution in [1.82, 2.24) is 20.6 Å². The van der Waals surface area contributed by atoms with E-state index in [1.54, 1.807) is 0 Å². The molecule has 27 heavy (non-hydrogen) atoms. The van der Waals surface area contributed by atoms with Crippen molar-refractivity contribution in [2.45, 2.75) is 46.6 Å². The second-order valence-electron chi connectivity index (χ2n) is 6.84. The molecule has 6 nitrogen and oxygen atoms in total. The molecule has 1 aromatic carbocycles. The highest BCUT2D eigenvalue weighted by atomic mass is 16.3. The summed E-state index contributed by atoms with van der Waals surface area (Å²) in [6.07, 6.45) is 4.69. The van der Waals surface area contributed by atoms with Gasteiger partial charge in [-0.25, -0.2) is 9.98 Å². The van der Waals surface area contributed by atoms with Gasteiger partial charge >= 0.3 is 0 Å². The van der Waals surface area contributed by atoms with Crippen LogP contribution >= 0.6 is 0 Å². The highest BCUT2D eigenvalue weighted by molar-refractivity contribution is 5.79. The summed E-state index contributed by atoms with van der Waals surface area (Å²) >= 11 is 0. The van der Waals surface area contributed by atoms with Crippen molar-refractivity contribution in [1.29, 1.82) is 0 Å². The Morgan fingerprint density at radius 1 is 1.15 bits per heavy atom. The van der Waals surface area contributed by atoms with Crippen LogP contribution in [0.2, 0.25) is 0 Å². The Balaban J connectivity index is 2.02. The third-order valence-corrected chi connectivity index (χ3v) is 5.22. The number of nitrogens with zero attached hydrogens (tertiary/aromatic N) is 2. The van der Waals surface area contributed by atoms with E-state index in [2.05, 4.69) is 58.5 Å². The first kappa shape index (κ1) is 21.0. The zero-order chi connectivity index (χ0) is 19.5. The second-order valence-corrected chi connectivity index (χ2v) is 6.84. The number of aliphatic hydroxyl groups is 1. The van der Waals surface area contributed by atoms with Crippen molar-refractivity contribution in [3.8, 4) is 11.3 Å². The Morgan fingerprint density at radius 2 is 1.89 bits per heavy atom. The molecular weight excluding hydrogens is 338 g/mol. The molecule has 1 heterocycles. The lowest BCUT2D eigenvalue weighted by atomic mass is 9.79. The number of nitrogens with one attached hydrogen (secondary N) is 3. The van der Waals surface area contributed by atoms with Crippen LogP contribution in [0.4, 0.5) is 0 Å². The Morgan fingerprint density at radius 3 is 2.52 bits per heavy atom. The minimum absolute atomic E-state index is 0.0934. The molecular formula is C21H33N5O. The quantitative estimate of drug-likeness (QED) is 0.381. The third kappa shape index (κ3) is 6.10. The van der Waals surface area contributed by atoms with Crippen LogP contribution in [0, 0.1) is 5.41 Å². The van der Waals surface area contributed by atoms with E-state index in [1.807, 2.05) is 24.4 Å². The summed E-state index contributed by atoms with van der Waals surface area (Å²) in [5.41, 5.74) is 2.21. The number of benzene rings is 1. The number of aliphatic hydroxyl groups excluding tert-OH is 1. The number of imidazole rings is 1. The van der Waals surface area contributed by atoms with E-state index in [1.165, 1.54) is 0 Å². The number of aromatic amines is 1. The van der Waals surface area contributed by atoms with Gasteiger partial charge in [-0.15, -0.1) is 0 Å². The summed E-state index contributed by atoms with van der Waals surface area (Å²) in [6, 6.07) is 10.1. The molecule has 4 N–H and O–H groups in total. The van der Waals surface area contributed by atoms with E-state index in [9.17, 15) is 5.11 Å². The molecule has 0 aliphatic rings. The van der Waals surface area contributed by atoms with E-state index in [0.717, 1.165) is 55.4 Å². The zero-order valence-corrected chi connectivity index (χ0v) is 16.8. The summed E-state index contributed by atoms with van der Waals surface area (Å²) in [6.45, 7) is 8.69. The van der Waals surface area contributed by atoms with Crippen LogP contribution in [-0.4, -0.2) is 40.7 Å². The van der Waals surface area contributed by atoms with E-state index in [-0.39, 0.29) is 12.0 Å². The summed E-state index contributed by atoms with van der Waals surface area (Å²) in [4.78, 5) is 12.4. The highest BCUT2D eigenvalue weighted by Gasteiger charge is 2.25. The van der Waals surface area contributed by atoms with Gasteiger partial charge in [0.15, 0.2) is 5.96 Å². The number of aromatic nitrogens is 2. The van der Waals surface area contributed by atoms with Crippen LogP contribution in [0.25, 0.3) is 11.3 Å². The van der Waals surface area contributed by atoms with Gasteiger partial charge in [-0.1, -0.05) is 44.2 Å². The molecule has 6 heteroatoms. The number of H-pyrrole nitrogens is 1. The molecule has 0 aliphatic heterocycles. The van der Waals surface area contributed by atoms with E-state index in [0.29, 0.717) is 6.54 Å². The predicted molar refractivity (Wildman–Crippen MR) is 112 cm³/mol. The maximum absolute atomic E-state index is 9.39. The predicted octanol–water partition coefficient (Wildman–Crippen LogP) is 3.32. The molecule has 0 radical (unpaired) electrons. The fourth-order valence-electron chi connectivity index (χ4n) is 3.15. The number of hydrogen-bond acceptors (Lipinski definition) is 3. The van der Waals surface area contributed by atoms with Gasteiger partial charge in [0.2, 0.25) is 0 Å². The molecule has 0 saturated heterocycles. The molecule has 0 unspecified atom stereocenters. The van der Waals surface area contributed by atoms with Crippen LogP contribution in [0.15, 0.2) is 41.5 Å². The highest BCUT2D eigenvalue weighted by Crippen LogP contribution is 2.29. The van der Waals surface area contributed by atoms with Crippen LogP contribution in [0.5, 0.6) is 0 Å². The molecule has 0 amide bonds. The summed E-state index contributed by atoms with van der Waals surface area (Å²) in [7, 11) is 0. The first-order chi connectivity index (χ1) is 13.2. The van der Waals surface area contributed by atoms with Crippen LogP contribution < -0.4 is 10.6 Å². The van der Waals surface area contributed by atoms with E-state index < -0.39 is 0 Å². The fraction of sp³-hybridized carbons (Fsp3) is 0.524. The Labute approximate surface area is 162 Å². The van der Waals surface area contributed by atoms with Gasteiger partial charge < -0.3 is 20.7 Å². The van der Waals surface area contributed by atoms with Crippen molar-refractivity contribution in [2.75, 3.05) is 19.7 Å². The van der Waals surface area contributed by atoms with Crippen molar-refractivity contribution in [3.05, 3.63) is 42.4 Å². The maximum atomic E-state index is 9.39. The van der Waals surface area contributed by atoms with Crippen LogP contribution in [0.1, 0.15) is 45.9 Å².